The molecule has 0 atom stereocenters. The number of aromatic nitrogens is 4. The molecule has 0 aliphatic heterocycles. The molecule has 7 heteroatoms. The van der Waals surface area contributed by atoms with Crippen LogP contribution in [0.3, 0.4) is 0 Å². The van der Waals surface area contributed by atoms with E-state index < -0.39 is 0 Å². The summed E-state index contributed by atoms with van der Waals surface area (Å²) in [5.41, 5.74) is 5.55. The predicted octanol–water partition coefficient (Wildman–Crippen LogP) is 1.03. The first-order chi connectivity index (χ1) is 6.84. The van der Waals surface area contributed by atoms with Crippen LogP contribution in [0.1, 0.15) is 0 Å². The summed E-state index contributed by atoms with van der Waals surface area (Å²) >= 11 is 1.28. The molecule has 0 bridgehead atoms. The Labute approximate surface area is 82.0 Å². The van der Waals surface area contributed by atoms with Crippen molar-refractivity contribution in [1.82, 2.24) is 19.8 Å². The monoisotopic (exact) mass is 207 g/mol. The fraction of sp³-hybridized carbons (Fsp3) is 0. The summed E-state index contributed by atoms with van der Waals surface area (Å²) in [7, 11) is 0. The number of nitrogens with two attached hydrogens (primary N) is 1. The summed E-state index contributed by atoms with van der Waals surface area (Å²) in [6, 6.07) is 3.58. The maximum absolute atomic E-state index is 5.55. The summed E-state index contributed by atoms with van der Waals surface area (Å²) < 4.78 is 6.76. The van der Waals surface area contributed by atoms with Crippen LogP contribution >= 0.6 is 11.3 Å². The second kappa shape index (κ2) is 2.55. The van der Waals surface area contributed by atoms with E-state index in [-0.39, 0.29) is 0 Å². The van der Waals surface area contributed by atoms with Gasteiger partial charge in [0.1, 0.15) is 0 Å². The standard InChI is InChI=1S/C7H5N5OS/c8-6-11-12-5(4-2-1-3-13-4)9-10-7(12)14-6/h1-3H,(H2,8,11). The molecule has 3 heterocycles. The zero-order valence-electron chi connectivity index (χ0n) is 6.91. The third kappa shape index (κ3) is 0.925. The number of rotatable bonds is 1. The molecule has 14 heavy (non-hydrogen) atoms. The van der Waals surface area contributed by atoms with E-state index in [0.717, 1.165) is 0 Å². The zero-order valence-corrected chi connectivity index (χ0v) is 7.73. The number of nitrogen functional groups attached to an aromatic ring is 1. The third-order valence-corrected chi connectivity index (χ3v) is 2.48. The highest BCUT2D eigenvalue weighted by Gasteiger charge is 2.13. The molecule has 70 valence electrons. The van der Waals surface area contributed by atoms with Gasteiger partial charge in [0.05, 0.1) is 6.26 Å². The van der Waals surface area contributed by atoms with Gasteiger partial charge < -0.3 is 10.2 Å². The lowest BCUT2D eigenvalue weighted by Gasteiger charge is -1.88. The first kappa shape index (κ1) is 7.51. The molecular weight excluding hydrogens is 202 g/mol. The second-order valence-corrected chi connectivity index (χ2v) is 3.62. The summed E-state index contributed by atoms with van der Waals surface area (Å²) in [5, 5.41) is 12.4. The van der Waals surface area contributed by atoms with E-state index in [1.165, 1.54) is 11.3 Å². The minimum atomic E-state index is 0.461. The van der Waals surface area contributed by atoms with Gasteiger partial charge in [-0.1, -0.05) is 11.3 Å². The molecule has 2 N–H and O–H groups in total. The number of nitrogens with zero attached hydrogens (tertiary/aromatic N) is 4. The van der Waals surface area contributed by atoms with Crippen LogP contribution in [0.4, 0.5) is 5.13 Å². The SMILES string of the molecule is Nc1nn2c(-c3ccco3)nnc2s1. The minimum Gasteiger partial charge on any atom is -0.461 e. The Kier molecular flexibility index (Phi) is 1.37. The van der Waals surface area contributed by atoms with E-state index in [9.17, 15) is 0 Å². The Morgan fingerprint density at radius 3 is 3.14 bits per heavy atom. The number of anilines is 1. The Morgan fingerprint density at radius 1 is 1.43 bits per heavy atom. The molecule has 0 amide bonds. The van der Waals surface area contributed by atoms with E-state index in [1.807, 2.05) is 0 Å². The van der Waals surface area contributed by atoms with Crippen LogP contribution in [-0.2, 0) is 0 Å². The van der Waals surface area contributed by atoms with Gasteiger partial charge in [-0.25, -0.2) is 0 Å². The lowest BCUT2D eigenvalue weighted by atomic mass is 10.4. The fourth-order valence-electron chi connectivity index (χ4n) is 1.19. The number of hydrogen-bond donors (Lipinski definition) is 1. The predicted molar refractivity (Wildman–Crippen MR) is 50.8 cm³/mol. The maximum Gasteiger partial charge on any atom is 0.236 e. The molecule has 0 saturated carbocycles. The highest BCUT2D eigenvalue weighted by Crippen LogP contribution is 2.22. The van der Waals surface area contributed by atoms with Gasteiger partial charge in [-0.15, -0.1) is 15.3 Å². The molecule has 0 fully saturated rings. The zero-order chi connectivity index (χ0) is 9.54. The van der Waals surface area contributed by atoms with Gasteiger partial charge in [-0.2, -0.15) is 4.52 Å². The summed E-state index contributed by atoms with van der Waals surface area (Å²) in [6.07, 6.45) is 1.58. The smallest absolute Gasteiger partial charge is 0.236 e. The van der Waals surface area contributed by atoms with Crippen molar-refractivity contribution in [2.45, 2.75) is 0 Å². The quantitative estimate of drug-likeness (QED) is 0.644. The van der Waals surface area contributed by atoms with Crippen molar-refractivity contribution in [3.8, 4) is 11.6 Å². The first-order valence-electron chi connectivity index (χ1n) is 3.86. The van der Waals surface area contributed by atoms with Crippen molar-refractivity contribution >= 4 is 21.4 Å². The van der Waals surface area contributed by atoms with Crippen LogP contribution < -0.4 is 5.73 Å². The van der Waals surface area contributed by atoms with Crippen LogP contribution in [0.25, 0.3) is 16.5 Å². The molecule has 3 aromatic rings. The highest BCUT2D eigenvalue weighted by molar-refractivity contribution is 7.20. The topological polar surface area (TPSA) is 82.2 Å². The maximum atomic E-state index is 5.55. The molecule has 0 unspecified atom stereocenters. The van der Waals surface area contributed by atoms with Gasteiger partial charge in [0.15, 0.2) is 5.76 Å². The van der Waals surface area contributed by atoms with Crippen molar-refractivity contribution in [1.29, 1.82) is 0 Å². The Morgan fingerprint density at radius 2 is 2.36 bits per heavy atom. The van der Waals surface area contributed by atoms with Crippen molar-refractivity contribution in [3.63, 3.8) is 0 Å². The summed E-state index contributed by atoms with van der Waals surface area (Å²) in [4.78, 5) is 0.661. The van der Waals surface area contributed by atoms with Gasteiger partial charge in [0.25, 0.3) is 0 Å². The largest absolute Gasteiger partial charge is 0.461 e. The normalized spacial score (nSPS) is 11.1. The Balaban J connectivity index is 2.31. The fourth-order valence-corrected chi connectivity index (χ4v) is 1.80. The van der Waals surface area contributed by atoms with Crippen LogP contribution in [0.2, 0.25) is 0 Å². The molecule has 0 aliphatic rings. The number of fused-ring (bicyclic) bond motifs is 1. The van der Waals surface area contributed by atoms with E-state index in [1.54, 1.807) is 22.9 Å². The lowest BCUT2D eigenvalue weighted by Crippen LogP contribution is -1.91. The molecule has 0 radical (unpaired) electrons. The molecular formula is C7H5N5OS. The highest BCUT2D eigenvalue weighted by atomic mass is 32.1. The van der Waals surface area contributed by atoms with Crippen LogP contribution in [-0.4, -0.2) is 19.8 Å². The number of hydrogen-bond acceptors (Lipinski definition) is 6. The Hall–Kier alpha value is -1.89. The average molecular weight is 207 g/mol. The van der Waals surface area contributed by atoms with E-state index in [2.05, 4.69) is 15.3 Å². The van der Waals surface area contributed by atoms with Crippen molar-refractivity contribution < 1.29 is 4.42 Å². The van der Waals surface area contributed by atoms with E-state index in [4.69, 9.17) is 10.2 Å². The van der Waals surface area contributed by atoms with Gasteiger partial charge in [-0.05, 0) is 12.1 Å². The first-order valence-corrected chi connectivity index (χ1v) is 4.68. The van der Waals surface area contributed by atoms with E-state index in [0.29, 0.717) is 21.7 Å². The molecule has 6 nitrogen and oxygen atoms in total. The molecule has 3 rings (SSSR count). The van der Waals surface area contributed by atoms with E-state index >= 15 is 0 Å². The van der Waals surface area contributed by atoms with Gasteiger partial charge >= 0.3 is 0 Å². The average Bonchev–Trinajstić information content (AvgIpc) is 2.77. The van der Waals surface area contributed by atoms with Gasteiger partial charge in [-0.3, -0.25) is 0 Å². The van der Waals surface area contributed by atoms with Crippen LogP contribution in [0.5, 0.6) is 0 Å². The van der Waals surface area contributed by atoms with Crippen molar-refractivity contribution in [3.05, 3.63) is 18.4 Å². The molecule has 0 aromatic carbocycles. The second-order valence-electron chi connectivity index (χ2n) is 2.64. The lowest BCUT2D eigenvalue weighted by molar-refractivity contribution is 0.575. The van der Waals surface area contributed by atoms with Gasteiger partial charge in [0.2, 0.25) is 15.9 Å². The molecule has 3 aromatic heterocycles. The third-order valence-electron chi connectivity index (χ3n) is 1.75. The summed E-state index contributed by atoms with van der Waals surface area (Å²) in [5.74, 6) is 1.20. The van der Waals surface area contributed by atoms with Crippen molar-refractivity contribution in [2.24, 2.45) is 0 Å². The Bertz CT molecular complexity index is 566. The van der Waals surface area contributed by atoms with Crippen molar-refractivity contribution in [2.75, 3.05) is 5.73 Å². The van der Waals surface area contributed by atoms with Gasteiger partial charge in [0, 0.05) is 0 Å². The summed E-state index contributed by atoms with van der Waals surface area (Å²) in [6.45, 7) is 0. The van der Waals surface area contributed by atoms with Crippen LogP contribution in [0.15, 0.2) is 22.8 Å². The number of furan rings is 1. The minimum absolute atomic E-state index is 0.461. The molecule has 0 aliphatic carbocycles. The molecule has 0 saturated heterocycles. The molecule has 0 spiro atoms. The van der Waals surface area contributed by atoms with Crippen LogP contribution in [0, 0.1) is 0 Å².